The Morgan fingerprint density at radius 2 is 1.23 bits per heavy atom. The van der Waals surface area contributed by atoms with Crippen molar-refractivity contribution >= 4 is 11.9 Å². The highest BCUT2D eigenvalue weighted by Gasteiger charge is 2.68. The van der Waals surface area contributed by atoms with Crippen molar-refractivity contribution in [2.24, 2.45) is 34.5 Å². The number of fused-ring (bicyclic) bond motifs is 5. The van der Waals surface area contributed by atoms with E-state index >= 15 is 0 Å². The summed E-state index contributed by atoms with van der Waals surface area (Å²) in [6, 6.07) is 0.846. The van der Waals surface area contributed by atoms with Gasteiger partial charge in [-0.05, 0) is 99.7 Å². The molecule has 2 aliphatic heterocycles. The Labute approximate surface area is 283 Å². The number of hydrogen-bond donors (Lipinski definition) is 0. The minimum absolute atomic E-state index is 0. The molecule has 4 saturated carbocycles. The normalized spacial score (nSPS) is 44.7. The topological polar surface area (TPSA) is 52.6 Å². The van der Waals surface area contributed by atoms with E-state index in [-0.39, 0.29) is 63.5 Å². The predicted molar refractivity (Wildman–Crippen MR) is 161 cm³/mol. The molecule has 2 heterocycles. The van der Waals surface area contributed by atoms with E-state index in [9.17, 15) is 9.59 Å². The highest BCUT2D eigenvalue weighted by Crippen LogP contribution is 2.68. The zero-order chi connectivity index (χ0) is 29.2. The van der Waals surface area contributed by atoms with Crippen LogP contribution in [0.5, 0.6) is 0 Å². The minimum atomic E-state index is -0.0998. The van der Waals surface area contributed by atoms with E-state index in [4.69, 9.17) is 9.47 Å². The number of piperidine rings is 2. The SMILES string of the molecule is CC(=O)OC1[C@@H]([N+]2(C)CCCCC2)C[C@H]2[C@@H]3CC[C@H]4C[C@H](OC(C)=O)[C@@H]([N+]5(C)CCCCC5)C[C@]4(C)[C@H]3CC[C@]12C.[Br-].[Br-]. The van der Waals surface area contributed by atoms with E-state index in [1.165, 1.54) is 103 Å². The summed E-state index contributed by atoms with van der Waals surface area (Å²) in [6.45, 7) is 13.3. The lowest BCUT2D eigenvalue weighted by Gasteiger charge is -2.63. The number of carbonyl (C=O) groups excluding carboxylic acids is 2. The second kappa shape index (κ2) is 13.1. The highest BCUT2D eigenvalue weighted by molar-refractivity contribution is 5.66. The summed E-state index contributed by atoms with van der Waals surface area (Å²) in [5.74, 6) is 2.52. The third-order valence-corrected chi connectivity index (χ3v) is 14.5. The fourth-order valence-electron chi connectivity index (χ4n) is 12.3. The predicted octanol–water partition coefficient (Wildman–Crippen LogP) is 0.119. The zero-order valence-electron chi connectivity index (χ0n) is 27.9. The fourth-order valence-corrected chi connectivity index (χ4v) is 12.3. The summed E-state index contributed by atoms with van der Waals surface area (Å²) in [5.41, 5.74) is 0.377. The molecule has 6 rings (SSSR count). The molecule has 0 aromatic heterocycles. The fraction of sp³-hybridized carbons (Fsp3) is 0.943. The standard InChI is InChI=1S/C35H60N2O4.2BrH/c1-24(38)40-32-21-26-13-14-27-28(35(26,4)23-31(32)37(6)19-11-8-12-20-37)15-16-34(3)29(27)22-30(33(34)41-25(2)39)36(5)17-9-7-10-18-36;;/h26-33H,7-23H2,1-6H3;2*1H/q+2;;/p-2/t26-,27+,28-,29-,30-,31-,32-,33?,34-,35-;;/m0../s1. The molecule has 6 aliphatic rings. The number of quaternary nitrogens is 2. The number of esters is 2. The van der Waals surface area contributed by atoms with Gasteiger partial charge in [-0.2, -0.15) is 0 Å². The summed E-state index contributed by atoms with van der Waals surface area (Å²) >= 11 is 0. The van der Waals surface area contributed by atoms with Crippen molar-refractivity contribution in [2.45, 2.75) is 135 Å². The lowest BCUT2D eigenvalue weighted by Crippen LogP contribution is -3.00. The molecule has 6 nitrogen and oxygen atoms in total. The number of hydrogen-bond acceptors (Lipinski definition) is 4. The molecule has 2 saturated heterocycles. The van der Waals surface area contributed by atoms with Crippen molar-refractivity contribution in [1.29, 1.82) is 0 Å². The highest BCUT2D eigenvalue weighted by atomic mass is 79.9. The quantitative estimate of drug-likeness (QED) is 0.305. The Morgan fingerprint density at radius 1 is 0.674 bits per heavy atom. The lowest BCUT2D eigenvalue weighted by atomic mass is 9.44. The summed E-state index contributed by atoms with van der Waals surface area (Å²) in [7, 11) is 4.94. The Balaban J connectivity index is 0.00000212. The summed E-state index contributed by atoms with van der Waals surface area (Å²) < 4.78 is 14.7. The number of nitrogens with zero attached hydrogens (tertiary/aromatic N) is 2. The zero-order valence-corrected chi connectivity index (χ0v) is 31.1. The van der Waals surface area contributed by atoms with Crippen molar-refractivity contribution in [3.05, 3.63) is 0 Å². The van der Waals surface area contributed by atoms with E-state index in [1.54, 1.807) is 13.8 Å². The molecule has 0 aromatic rings. The average molecular weight is 733 g/mol. The van der Waals surface area contributed by atoms with Gasteiger partial charge in [-0.25, -0.2) is 0 Å². The van der Waals surface area contributed by atoms with Gasteiger partial charge in [-0.15, -0.1) is 0 Å². The molecule has 0 aromatic carbocycles. The van der Waals surface area contributed by atoms with Gasteiger partial charge in [0.2, 0.25) is 0 Å². The van der Waals surface area contributed by atoms with Gasteiger partial charge in [0.1, 0.15) is 12.1 Å². The van der Waals surface area contributed by atoms with Crippen LogP contribution in [0.1, 0.15) is 111 Å². The third kappa shape index (κ3) is 6.15. The van der Waals surface area contributed by atoms with Gasteiger partial charge in [-0.3, -0.25) is 9.59 Å². The van der Waals surface area contributed by atoms with Crippen molar-refractivity contribution in [2.75, 3.05) is 40.3 Å². The first-order chi connectivity index (χ1) is 19.4. The van der Waals surface area contributed by atoms with Gasteiger partial charge < -0.3 is 52.4 Å². The van der Waals surface area contributed by atoms with E-state index in [0.717, 1.165) is 21.3 Å². The maximum atomic E-state index is 12.5. The van der Waals surface area contributed by atoms with Crippen LogP contribution in [-0.4, -0.2) is 85.5 Å². The van der Waals surface area contributed by atoms with Crippen LogP contribution in [0.25, 0.3) is 0 Å². The average Bonchev–Trinajstić information content (AvgIpc) is 3.21. The maximum Gasteiger partial charge on any atom is 0.303 e. The van der Waals surface area contributed by atoms with Crippen LogP contribution in [0.15, 0.2) is 0 Å². The van der Waals surface area contributed by atoms with Gasteiger partial charge in [0, 0.05) is 32.1 Å². The maximum absolute atomic E-state index is 12.5. The monoisotopic (exact) mass is 730 g/mol. The van der Waals surface area contributed by atoms with Crippen LogP contribution in [0, 0.1) is 34.5 Å². The molecule has 0 spiro atoms. The number of likely N-dealkylation sites (tertiary alicyclic amines) is 2. The Bertz CT molecular complexity index is 1010. The molecular formula is C35H60Br2N2O4. The smallest absolute Gasteiger partial charge is 0.303 e. The van der Waals surface area contributed by atoms with Crippen LogP contribution in [-0.2, 0) is 19.1 Å². The molecule has 1 unspecified atom stereocenters. The first-order valence-electron chi connectivity index (χ1n) is 17.4. The van der Waals surface area contributed by atoms with Crippen LogP contribution < -0.4 is 34.0 Å². The van der Waals surface area contributed by atoms with Crippen LogP contribution >= 0.6 is 0 Å². The lowest BCUT2D eigenvalue weighted by molar-refractivity contribution is -0.943. The van der Waals surface area contributed by atoms with Crippen molar-refractivity contribution < 1.29 is 62.0 Å². The van der Waals surface area contributed by atoms with Crippen LogP contribution in [0.3, 0.4) is 0 Å². The van der Waals surface area contributed by atoms with Gasteiger partial charge in [0.25, 0.3) is 0 Å². The first-order valence-corrected chi connectivity index (χ1v) is 17.4. The molecule has 10 atom stereocenters. The van der Waals surface area contributed by atoms with E-state index in [0.29, 0.717) is 35.3 Å². The first kappa shape index (κ1) is 35.7. The number of halogens is 2. The Hall–Kier alpha value is -0.180. The summed E-state index contributed by atoms with van der Waals surface area (Å²) in [4.78, 5) is 24.8. The molecule has 8 heteroatoms. The van der Waals surface area contributed by atoms with Crippen molar-refractivity contribution in [3.63, 3.8) is 0 Å². The van der Waals surface area contributed by atoms with Gasteiger partial charge >= 0.3 is 11.9 Å². The molecule has 248 valence electrons. The van der Waals surface area contributed by atoms with Gasteiger partial charge in [0.05, 0.1) is 40.3 Å². The minimum Gasteiger partial charge on any atom is -1.00 e. The molecule has 43 heavy (non-hydrogen) atoms. The molecule has 6 fully saturated rings. The van der Waals surface area contributed by atoms with Crippen molar-refractivity contribution in [1.82, 2.24) is 0 Å². The van der Waals surface area contributed by atoms with Gasteiger partial charge in [0.15, 0.2) is 12.2 Å². The van der Waals surface area contributed by atoms with Crippen molar-refractivity contribution in [3.8, 4) is 0 Å². The summed E-state index contributed by atoms with van der Waals surface area (Å²) in [6.07, 6.45) is 16.4. The largest absolute Gasteiger partial charge is 1.00 e. The second-order valence-electron chi connectivity index (χ2n) is 16.7. The van der Waals surface area contributed by atoms with E-state index < -0.39 is 0 Å². The number of rotatable bonds is 4. The molecule has 0 radical (unpaired) electrons. The molecule has 0 N–H and O–H groups in total. The molecule has 0 bridgehead atoms. The number of carbonyl (C=O) groups is 2. The number of likely N-dealkylation sites (N-methyl/N-ethyl adjacent to an activating group) is 2. The Kier molecular flexibility index (Phi) is 10.9. The summed E-state index contributed by atoms with van der Waals surface area (Å²) in [5, 5.41) is 0. The van der Waals surface area contributed by atoms with Crippen LogP contribution in [0.2, 0.25) is 0 Å². The second-order valence-corrected chi connectivity index (χ2v) is 16.7. The van der Waals surface area contributed by atoms with E-state index in [2.05, 4.69) is 27.9 Å². The molecular weight excluding hydrogens is 672 g/mol. The van der Waals surface area contributed by atoms with E-state index in [1.807, 2.05) is 0 Å². The number of ether oxygens (including phenoxy) is 2. The molecule has 0 amide bonds. The molecule has 4 aliphatic carbocycles. The third-order valence-electron chi connectivity index (χ3n) is 14.5. The Morgan fingerprint density at radius 3 is 1.79 bits per heavy atom. The van der Waals surface area contributed by atoms with Crippen LogP contribution in [0.4, 0.5) is 0 Å². The van der Waals surface area contributed by atoms with Gasteiger partial charge in [-0.1, -0.05) is 13.8 Å².